The second-order valence-electron chi connectivity index (χ2n) is 4.33. The normalized spacial score (nSPS) is 16.0. The topological polar surface area (TPSA) is 62.7 Å². The highest BCUT2D eigenvalue weighted by Gasteiger charge is 2.32. The number of carboxylic acid groups (broad SMARTS) is 1. The summed E-state index contributed by atoms with van der Waals surface area (Å²) in [5, 5.41) is 8.67. The van der Waals surface area contributed by atoms with Crippen molar-refractivity contribution in [2.45, 2.75) is 11.2 Å². The molecule has 0 spiro atoms. The van der Waals surface area contributed by atoms with Crippen LogP contribution in [0.25, 0.3) is 0 Å². The molecule has 21 heavy (non-hydrogen) atoms. The number of halogens is 3. The summed E-state index contributed by atoms with van der Waals surface area (Å²) in [5.41, 5.74) is -0.827. The predicted molar refractivity (Wildman–Crippen MR) is 70.6 cm³/mol. The molecule has 1 aliphatic heterocycles. The van der Waals surface area contributed by atoms with Crippen LogP contribution in [0.1, 0.15) is 5.56 Å². The van der Waals surface area contributed by atoms with Crippen LogP contribution >= 0.6 is 11.8 Å². The van der Waals surface area contributed by atoms with Gasteiger partial charge in [-0.3, -0.25) is 4.79 Å². The first-order valence-electron chi connectivity index (χ1n) is 6.13. The van der Waals surface area contributed by atoms with E-state index in [1.165, 1.54) is 0 Å². The number of ether oxygens (including phenoxy) is 1. The Balaban J connectivity index is 2.29. The lowest BCUT2D eigenvalue weighted by atomic mass is 10.2. The van der Waals surface area contributed by atoms with E-state index in [0.29, 0.717) is 26.3 Å². The number of hydrogen-bond donors (Lipinski definition) is 1. The number of nitrogens with zero attached hydrogens (tertiary/aromatic N) is 2. The lowest BCUT2D eigenvalue weighted by Crippen LogP contribution is -2.37. The molecule has 0 aliphatic carbocycles. The highest BCUT2D eigenvalue weighted by Crippen LogP contribution is 2.34. The number of pyridine rings is 1. The van der Waals surface area contributed by atoms with Gasteiger partial charge in [0, 0.05) is 13.1 Å². The number of carbonyl (C=O) groups is 1. The Morgan fingerprint density at radius 1 is 1.38 bits per heavy atom. The number of rotatable bonds is 4. The molecular weight excluding hydrogens is 309 g/mol. The molecule has 0 bridgehead atoms. The largest absolute Gasteiger partial charge is 0.481 e. The highest BCUT2D eigenvalue weighted by molar-refractivity contribution is 7.99. The summed E-state index contributed by atoms with van der Waals surface area (Å²) in [7, 11) is 0. The zero-order valence-corrected chi connectivity index (χ0v) is 11.7. The van der Waals surface area contributed by atoms with Gasteiger partial charge in [-0.2, -0.15) is 13.2 Å². The number of carboxylic acids is 1. The maximum atomic E-state index is 12.9. The van der Waals surface area contributed by atoms with Gasteiger partial charge in [0.2, 0.25) is 0 Å². The van der Waals surface area contributed by atoms with E-state index in [1.807, 2.05) is 0 Å². The average Bonchev–Trinajstić information content (AvgIpc) is 2.45. The van der Waals surface area contributed by atoms with Crippen LogP contribution in [0.2, 0.25) is 0 Å². The summed E-state index contributed by atoms with van der Waals surface area (Å²) in [6.45, 7) is 1.76. The maximum absolute atomic E-state index is 12.9. The van der Waals surface area contributed by atoms with Crippen molar-refractivity contribution in [2.75, 3.05) is 37.0 Å². The summed E-state index contributed by atoms with van der Waals surface area (Å²) in [6, 6.07) is 1.85. The van der Waals surface area contributed by atoms with Crippen LogP contribution in [-0.4, -0.2) is 48.1 Å². The molecule has 0 saturated carbocycles. The fourth-order valence-corrected chi connectivity index (χ4v) is 2.46. The lowest BCUT2D eigenvalue weighted by molar-refractivity contribution is -0.137. The number of aromatic nitrogens is 1. The zero-order chi connectivity index (χ0) is 15.5. The quantitative estimate of drug-likeness (QED) is 0.857. The number of morpholine rings is 1. The second-order valence-corrected chi connectivity index (χ2v) is 5.33. The molecule has 9 heteroatoms. The van der Waals surface area contributed by atoms with Crippen LogP contribution in [0.5, 0.6) is 0 Å². The van der Waals surface area contributed by atoms with Crippen molar-refractivity contribution in [3.8, 4) is 0 Å². The first kappa shape index (κ1) is 15.9. The van der Waals surface area contributed by atoms with E-state index in [-0.39, 0.29) is 16.6 Å². The SMILES string of the molecule is O=C(O)CSc1cc(C(F)(F)F)cc(N2CCOCC2)n1. The molecule has 0 amide bonds. The van der Waals surface area contributed by atoms with Crippen LogP contribution in [0, 0.1) is 0 Å². The molecule has 1 aliphatic rings. The van der Waals surface area contributed by atoms with Crippen molar-refractivity contribution in [1.29, 1.82) is 0 Å². The molecule has 0 aromatic carbocycles. The summed E-state index contributed by atoms with van der Waals surface area (Å²) in [6.07, 6.45) is -4.50. The average molecular weight is 322 g/mol. The number of hydrogen-bond acceptors (Lipinski definition) is 5. The third kappa shape index (κ3) is 4.50. The van der Waals surface area contributed by atoms with Crippen molar-refractivity contribution < 1.29 is 27.8 Å². The monoisotopic (exact) mass is 322 g/mol. The zero-order valence-electron chi connectivity index (χ0n) is 10.9. The fourth-order valence-electron chi connectivity index (χ4n) is 1.82. The second kappa shape index (κ2) is 6.52. The number of anilines is 1. The Labute approximate surface area is 123 Å². The number of thioether (sulfide) groups is 1. The van der Waals surface area contributed by atoms with Gasteiger partial charge in [0.05, 0.1) is 29.6 Å². The van der Waals surface area contributed by atoms with Crippen molar-refractivity contribution >= 4 is 23.5 Å². The number of aliphatic carboxylic acids is 1. The third-order valence-electron chi connectivity index (χ3n) is 2.79. The molecule has 2 rings (SSSR count). The van der Waals surface area contributed by atoms with Gasteiger partial charge in [0.25, 0.3) is 0 Å². The van der Waals surface area contributed by atoms with Crippen molar-refractivity contribution in [2.24, 2.45) is 0 Å². The Morgan fingerprint density at radius 2 is 2.05 bits per heavy atom. The summed E-state index contributed by atoms with van der Waals surface area (Å²) < 4.78 is 43.9. The van der Waals surface area contributed by atoms with Gasteiger partial charge >= 0.3 is 12.1 Å². The Hall–Kier alpha value is -1.48. The van der Waals surface area contributed by atoms with Crippen LogP contribution in [0.4, 0.5) is 19.0 Å². The molecule has 0 atom stereocenters. The van der Waals surface area contributed by atoms with Gasteiger partial charge in [-0.05, 0) is 12.1 Å². The minimum Gasteiger partial charge on any atom is -0.481 e. The lowest BCUT2D eigenvalue weighted by Gasteiger charge is -2.28. The minimum absolute atomic E-state index is 0.0497. The van der Waals surface area contributed by atoms with Gasteiger partial charge in [-0.15, -0.1) is 0 Å². The minimum atomic E-state index is -4.50. The molecule has 5 nitrogen and oxygen atoms in total. The number of alkyl halides is 3. The van der Waals surface area contributed by atoms with Crippen molar-refractivity contribution in [3.05, 3.63) is 17.7 Å². The smallest absolute Gasteiger partial charge is 0.416 e. The molecule has 0 radical (unpaired) electrons. The van der Waals surface area contributed by atoms with Crippen molar-refractivity contribution in [3.63, 3.8) is 0 Å². The summed E-state index contributed by atoms with van der Waals surface area (Å²) in [4.78, 5) is 16.4. The molecule has 1 N–H and O–H groups in total. The molecule has 1 aromatic rings. The summed E-state index contributed by atoms with van der Waals surface area (Å²) in [5.74, 6) is -1.25. The molecule has 116 valence electrons. The fraction of sp³-hybridized carbons (Fsp3) is 0.500. The van der Waals surface area contributed by atoms with E-state index >= 15 is 0 Å². The van der Waals surface area contributed by atoms with E-state index in [0.717, 1.165) is 23.9 Å². The standard InChI is InChI=1S/C12H13F3N2O3S/c13-12(14,15)8-5-9(17-1-3-20-4-2-17)16-10(6-8)21-7-11(18)19/h5-6H,1-4,7H2,(H,18,19). The van der Waals surface area contributed by atoms with Gasteiger partial charge < -0.3 is 14.7 Å². The first-order chi connectivity index (χ1) is 9.86. The summed E-state index contributed by atoms with van der Waals surface area (Å²) >= 11 is 0.768. The van der Waals surface area contributed by atoms with Crippen LogP contribution in [0.3, 0.4) is 0 Å². The molecule has 1 aromatic heterocycles. The molecule has 2 heterocycles. The van der Waals surface area contributed by atoms with E-state index in [4.69, 9.17) is 9.84 Å². The highest BCUT2D eigenvalue weighted by atomic mass is 32.2. The molecular formula is C12H13F3N2O3S. The van der Waals surface area contributed by atoms with Gasteiger partial charge in [-0.25, -0.2) is 4.98 Å². The Bertz CT molecular complexity index is 519. The van der Waals surface area contributed by atoms with Crippen LogP contribution in [-0.2, 0) is 15.7 Å². The predicted octanol–water partition coefficient (Wildman–Crippen LogP) is 2.11. The molecule has 0 unspecified atom stereocenters. The Kier molecular flexibility index (Phi) is 4.94. The first-order valence-corrected chi connectivity index (χ1v) is 7.11. The molecule has 1 fully saturated rings. The Morgan fingerprint density at radius 3 is 2.62 bits per heavy atom. The molecule has 1 saturated heterocycles. The van der Waals surface area contributed by atoms with Crippen LogP contribution in [0.15, 0.2) is 17.2 Å². The van der Waals surface area contributed by atoms with E-state index in [2.05, 4.69) is 4.98 Å². The van der Waals surface area contributed by atoms with E-state index in [1.54, 1.807) is 4.90 Å². The van der Waals surface area contributed by atoms with Gasteiger partial charge in [-0.1, -0.05) is 11.8 Å². The maximum Gasteiger partial charge on any atom is 0.416 e. The van der Waals surface area contributed by atoms with Gasteiger partial charge in [0.1, 0.15) is 5.82 Å². The van der Waals surface area contributed by atoms with Crippen LogP contribution < -0.4 is 4.90 Å². The third-order valence-corrected chi connectivity index (χ3v) is 3.69. The van der Waals surface area contributed by atoms with Crippen molar-refractivity contribution in [1.82, 2.24) is 4.98 Å². The van der Waals surface area contributed by atoms with Gasteiger partial charge in [0.15, 0.2) is 0 Å². The van der Waals surface area contributed by atoms with E-state index < -0.39 is 17.7 Å². The van der Waals surface area contributed by atoms with E-state index in [9.17, 15) is 18.0 Å².